The second kappa shape index (κ2) is 5.62. The number of methoxy groups -OCH3 is 1. The zero-order valence-corrected chi connectivity index (χ0v) is 14.0. The van der Waals surface area contributed by atoms with Crippen LogP contribution in [0.2, 0.25) is 0 Å². The van der Waals surface area contributed by atoms with Crippen LogP contribution < -0.4 is 4.74 Å². The molecule has 0 bridgehead atoms. The second-order valence-corrected chi connectivity index (χ2v) is 6.86. The van der Waals surface area contributed by atoms with Crippen molar-refractivity contribution in [2.24, 2.45) is 0 Å². The van der Waals surface area contributed by atoms with Crippen LogP contribution in [0.3, 0.4) is 0 Å². The van der Waals surface area contributed by atoms with Gasteiger partial charge in [-0.15, -0.1) is 0 Å². The summed E-state index contributed by atoms with van der Waals surface area (Å²) < 4.78 is 5.31. The fraction of sp³-hybridized carbons (Fsp3) is 0.300. The van der Waals surface area contributed by atoms with Gasteiger partial charge in [0, 0.05) is 24.1 Å². The van der Waals surface area contributed by atoms with E-state index in [0.29, 0.717) is 30.0 Å². The Morgan fingerprint density at radius 1 is 1.24 bits per heavy atom. The summed E-state index contributed by atoms with van der Waals surface area (Å²) in [6.07, 6.45) is 2.75. The van der Waals surface area contributed by atoms with Crippen molar-refractivity contribution < 1.29 is 19.4 Å². The van der Waals surface area contributed by atoms with Crippen molar-refractivity contribution in [3.63, 3.8) is 0 Å². The molecule has 0 saturated heterocycles. The van der Waals surface area contributed by atoms with E-state index in [1.807, 2.05) is 17.0 Å². The lowest BCUT2D eigenvalue weighted by Gasteiger charge is -2.35. The molecule has 1 heterocycles. The molecule has 0 unspecified atom stereocenters. The largest absolute Gasteiger partial charge is 0.508 e. The molecule has 2 aliphatic rings. The number of hydrogen-bond acceptors (Lipinski definition) is 4. The van der Waals surface area contributed by atoms with Crippen LogP contribution in [0.4, 0.5) is 0 Å². The van der Waals surface area contributed by atoms with Crippen molar-refractivity contribution in [1.29, 1.82) is 0 Å². The Morgan fingerprint density at radius 2 is 2.04 bits per heavy atom. The number of ether oxygens (including phenoxy) is 1. The van der Waals surface area contributed by atoms with Gasteiger partial charge in [-0.05, 0) is 54.3 Å². The van der Waals surface area contributed by atoms with E-state index in [-0.39, 0.29) is 17.1 Å². The highest BCUT2D eigenvalue weighted by molar-refractivity contribution is 5.98. The van der Waals surface area contributed by atoms with Gasteiger partial charge in [0.1, 0.15) is 17.8 Å². The van der Waals surface area contributed by atoms with E-state index in [0.717, 1.165) is 30.3 Å². The van der Waals surface area contributed by atoms with Crippen LogP contribution in [0.5, 0.6) is 11.5 Å². The number of nitrogens with zero attached hydrogens (tertiary/aromatic N) is 1. The predicted octanol–water partition coefficient (Wildman–Crippen LogP) is 2.90. The molecular weight excluding hydrogens is 318 g/mol. The fourth-order valence-corrected chi connectivity index (χ4v) is 3.77. The summed E-state index contributed by atoms with van der Waals surface area (Å²) in [5, 5.41) is 9.80. The highest BCUT2D eigenvalue weighted by Crippen LogP contribution is 2.53. The zero-order valence-electron chi connectivity index (χ0n) is 14.0. The van der Waals surface area contributed by atoms with Crippen LogP contribution in [0.25, 0.3) is 0 Å². The molecule has 0 atom stereocenters. The molecule has 1 saturated carbocycles. The summed E-state index contributed by atoms with van der Waals surface area (Å²) >= 11 is 0. The van der Waals surface area contributed by atoms with Crippen LogP contribution in [0.1, 0.15) is 44.7 Å². The number of phenolic OH excluding ortho intramolecular Hbond substituents is 1. The van der Waals surface area contributed by atoms with Gasteiger partial charge in [-0.25, -0.2) is 0 Å². The van der Waals surface area contributed by atoms with Crippen LogP contribution >= 0.6 is 0 Å². The van der Waals surface area contributed by atoms with Crippen LogP contribution in [-0.4, -0.2) is 35.9 Å². The number of carbonyl (C=O) groups excluding carboxylic acids is 2. The predicted molar refractivity (Wildman–Crippen MR) is 92.1 cm³/mol. The van der Waals surface area contributed by atoms with Crippen LogP contribution in [0, 0.1) is 0 Å². The Kier molecular flexibility index (Phi) is 3.53. The second-order valence-electron chi connectivity index (χ2n) is 6.86. The molecule has 0 radical (unpaired) electrons. The molecule has 4 rings (SSSR count). The lowest BCUT2D eigenvalue weighted by molar-refractivity contribution is 0.0706. The molecular formula is C20H19NO4. The molecule has 1 spiro atoms. The zero-order chi connectivity index (χ0) is 17.6. The molecule has 1 aliphatic carbocycles. The SMILES string of the molecule is COc1ccc(C=O)cc1C(=O)N1Cc2ccc(O)cc2C2(CC2)C1. The lowest BCUT2D eigenvalue weighted by Crippen LogP contribution is -2.41. The molecule has 2 aromatic carbocycles. The standard InChI is InChI=1S/C20H19NO4/c1-25-18-5-2-13(11-22)8-16(18)19(24)21-10-14-3-4-15(23)9-17(14)20(12-21)6-7-20/h2-5,8-9,11,23H,6-7,10,12H2,1H3. The number of aromatic hydroxyl groups is 1. The first kappa shape index (κ1) is 15.7. The minimum Gasteiger partial charge on any atom is -0.508 e. The van der Waals surface area contributed by atoms with Gasteiger partial charge in [-0.1, -0.05) is 6.07 Å². The van der Waals surface area contributed by atoms with E-state index in [4.69, 9.17) is 4.74 Å². The number of fused-ring (bicyclic) bond motifs is 2. The highest BCUT2D eigenvalue weighted by atomic mass is 16.5. The summed E-state index contributed by atoms with van der Waals surface area (Å²) in [6.45, 7) is 1.11. The molecule has 5 heteroatoms. The maximum absolute atomic E-state index is 13.1. The van der Waals surface area contributed by atoms with Gasteiger partial charge in [0.15, 0.2) is 0 Å². The van der Waals surface area contributed by atoms with Gasteiger partial charge in [0.05, 0.1) is 12.7 Å². The van der Waals surface area contributed by atoms with Gasteiger partial charge in [0.25, 0.3) is 5.91 Å². The van der Waals surface area contributed by atoms with Crippen molar-refractivity contribution in [1.82, 2.24) is 4.90 Å². The third-order valence-electron chi connectivity index (χ3n) is 5.25. The van der Waals surface area contributed by atoms with E-state index in [2.05, 4.69) is 0 Å². The Labute approximate surface area is 145 Å². The molecule has 1 fully saturated rings. The van der Waals surface area contributed by atoms with Crippen LogP contribution in [0.15, 0.2) is 36.4 Å². The number of rotatable bonds is 3. The first-order valence-electron chi connectivity index (χ1n) is 8.31. The Balaban J connectivity index is 1.71. The Morgan fingerprint density at radius 3 is 2.72 bits per heavy atom. The van der Waals surface area contributed by atoms with Gasteiger partial charge in [-0.2, -0.15) is 0 Å². The summed E-state index contributed by atoms with van der Waals surface area (Å²) in [6, 6.07) is 10.3. The minimum atomic E-state index is -0.134. The smallest absolute Gasteiger partial charge is 0.257 e. The van der Waals surface area contributed by atoms with Crippen molar-refractivity contribution >= 4 is 12.2 Å². The van der Waals surface area contributed by atoms with Crippen molar-refractivity contribution in [2.75, 3.05) is 13.7 Å². The number of benzene rings is 2. The van der Waals surface area contributed by atoms with E-state index in [9.17, 15) is 14.7 Å². The van der Waals surface area contributed by atoms with E-state index in [1.54, 1.807) is 24.3 Å². The van der Waals surface area contributed by atoms with Gasteiger partial charge in [-0.3, -0.25) is 9.59 Å². The van der Waals surface area contributed by atoms with Crippen LogP contribution in [-0.2, 0) is 12.0 Å². The molecule has 2 aromatic rings. The van der Waals surface area contributed by atoms with Gasteiger partial charge < -0.3 is 14.7 Å². The van der Waals surface area contributed by atoms with Gasteiger partial charge in [0.2, 0.25) is 0 Å². The maximum Gasteiger partial charge on any atom is 0.257 e. The summed E-state index contributed by atoms with van der Waals surface area (Å²) in [4.78, 5) is 26.0. The third-order valence-corrected chi connectivity index (χ3v) is 5.25. The number of hydrogen-bond donors (Lipinski definition) is 1. The maximum atomic E-state index is 13.1. The van der Waals surface area contributed by atoms with Crippen molar-refractivity contribution in [3.8, 4) is 11.5 Å². The van der Waals surface area contributed by atoms with Gasteiger partial charge >= 0.3 is 0 Å². The van der Waals surface area contributed by atoms with E-state index >= 15 is 0 Å². The molecule has 1 N–H and O–H groups in total. The average molecular weight is 337 g/mol. The number of carbonyl (C=O) groups is 2. The first-order valence-corrected chi connectivity index (χ1v) is 8.31. The minimum absolute atomic E-state index is 0.0442. The number of phenols is 1. The van der Waals surface area contributed by atoms with Crippen molar-refractivity contribution in [3.05, 3.63) is 58.7 Å². The molecule has 1 aliphatic heterocycles. The highest BCUT2D eigenvalue weighted by Gasteiger charge is 2.50. The molecule has 0 aromatic heterocycles. The van der Waals surface area contributed by atoms with E-state index < -0.39 is 0 Å². The van der Waals surface area contributed by atoms with E-state index in [1.165, 1.54) is 7.11 Å². The quantitative estimate of drug-likeness (QED) is 0.875. The summed E-state index contributed by atoms with van der Waals surface area (Å²) in [5.41, 5.74) is 3.04. The average Bonchev–Trinajstić information content (AvgIpc) is 3.41. The summed E-state index contributed by atoms with van der Waals surface area (Å²) in [7, 11) is 1.52. The Bertz CT molecular complexity index is 870. The Hall–Kier alpha value is -2.82. The topological polar surface area (TPSA) is 66.8 Å². The fourth-order valence-electron chi connectivity index (χ4n) is 3.77. The summed E-state index contributed by atoms with van der Waals surface area (Å²) in [5.74, 6) is 0.604. The molecule has 5 nitrogen and oxygen atoms in total. The lowest BCUT2D eigenvalue weighted by atomic mass is 9.86. The number of amides is 1. The van der Waals surface area contributed by atoms with Crippen molar-refractivity contribution in [2.45, 2.75) is 24.8 Å². The third kappa shape index (κ3) is 2.56. The number of aldehydes is 1. The normalized spacial score (nSPS) is 17.1. The molecule has 25 heavy (non-hydrogen) atoms. The monoisotopic (exact) mass is 337 g/mol. The molecule has 128 valence electrons. The molecule has 1 amide bonds. The first-order chi connectivity index (χ1) is 12.1.